The number of aliphatic hydroxyl groups excluding tert-OH is 1. The second-order valence-electron chi connectivity index (χ2n) is 7.22. The second kappa shape index (κ2) is 7.79. The summed E-state index contributed by atoms with van der Waals surface area (Å²) in [5.41, 5.74) is -1.57. The zero-order valence-electron chi connectivity index (χ0n) is 15.1. The molecule has 8 heteroatoms. The van der Waals surface area contributed by atoms with Gasteiger partial charge in [0.25, 0.3) is 11.5 Å². The van der Waals surface area contributed by atoms with E-state index in [-0.39, 0.29) is 23.3 Å². The van der Waals surface area contributed by atoms with Gasteiger partial charge in [0.15, 0.2) is 0 Å². The molecule has 1 aliphatic rings. The first-order valence-electron chi connectivity index (χ1n) is 9.04. The Morgan fingerprint density at radius 2 is 1.89 bits per heavy atom. The molecule has 1 fully saturated rings. The Balaban J connectivity index is 1.84. The number of carbonyl (C=O) groups is 1. The summed E-state index contributed by atoms with van der Waals surface area (Å²) < 4.78 is 39.8. The lowest BCUT2D eigenvalue weighted by atomic mass is 9.87. The van der Waals surface area contributed by atoms with Crippen molar-refractivity contribution in [1.29, 1.82) is 0 Å². The third-order valence-corrected chi connectivity index (χ3v) is 5.25. The number of carbonyl (C=O) groups excluding carboxylic acids is 1. The molecular formula is C20H21F3N2O3. The van der Waals surface area contributed by atoms with Gasteiger partial charge in [-0.2, -0.15) is 13.2 Å². The molecule has 2 aromatic rings. The van der Waals surface area contributed by atoms with E-state index in [1.54, 1.807) is 0 Å². The quantitative estimate of drug-likeness (QED) is 0.819. The smallest absolute Gasteiger partial charge is 0.396 e. The molecule has 0 unspecified atom stereocenters. The van der Waals surface area contributed by atoms with E-state index in [1.165, 1.54) is 24.4 Å². The van der Waals surface area contributed by atoms with E-state index in [0.29, 0.717) is 6.54 Å². The minimum Gasteiger partial charge on any atom is -0.396 e. The first-order chi connectivity index (χ1) is 13.2. The standard InChI is InChI=1S/C20H21F3N2O3/c21-20(22,23)15-4-3-5-16(10-15)25-11-14(6-7-17(25)27)18(28)24-12-19(13-26)8-1-2-9-19/h3-7,10-11,26H,1-2,8-9,12-13H2,(H,24,28). The van der Waals surface area contributed by atoms with Gasteiger partial charge in [0, 0.05) is 29.9 Å². The second-order valence-corrected chi connectivity index (χ2v) is 7.22. The highest BCUT2D eigenvalue weighted by atomic mass is 19.4. The number of pyridine rings is 1. The summed E-state index contributed by atoms with van der Waals surface area (Å²) >= 11 is 0. The maximum absolute atomic E-state index is 12.9. The number of amides is 1. The summed E-state index contributed by atoms with van der Waals surface area (Å²) in [6, 6.07) is 6.85. The van der Waals surface area contributed by atoms with Crippen molar-refractivity contribution in [3.8, 4) is 5.69 Å². The topological polar surface area (TPSA) is 71.3 Å². The molecule has 28 heavy (non-hydrogen) atoms. The van der Waals surface area contributed by atoms with Gasteiger partial charge in [-0.1, -0.05) is 18.9 Å². The highest BCUT2D eigenvalue weighted by Crippen LogP contribution is 2.37. The molecular weight excluding hydrogens is 373 g/mol. The van der Waals surface area contributed by atoms with Crippen LogP contribution in [0.2, 0.25) is 0 Å². The van der Waals surface area contributed by atoms with Crippen molar-refractivity contribution in [1.82, 2.24) is 9.88 Å². The highest BCUT2D eigenvalue weighted by Gasteiger charge is 2.33. The Bertz CT molecular complexity index is 915. The first kappa shape index (κ1) is 20.1. The van der Waals surface area contributed by atoms with E-state index in [0.717, 1.165) is 48.4 Å². The molecule has 150 valence electrons. The van der Waals surface area contributed by atoms with E-state index < -0.39 is 23.2 Å². The fourth-order valence-corrected chi connectivity index (χ4v) is 3.54. The van der Waals surface area contributed by atoms with Crippen molar-refractivity contribution in [2.24, 2.45) is 5.41 Å². The Hall–Kier alpha value is -2.61. The van der Waals surface area contributed by atoms with E-state index in [9.17, 15) is 27.9 Å². The predicted octanol–water partition coefficient (Wildman–Crippen LogP) is 3.14. The minimum absolute atomic E-state index is 0.0169. The maximum Gasteiger partial charge on any atom is 0.416 e. The molecule has 0 saturated heterocycles. The molecule has 3 rings (SSSR count). The first-order valence-corrected chi connectivity index (χ1v) is 9.04. The zero-order chi connectivity index (χ0) is 20.4. The van der Waals surface area contributed by atoms with Crippen LogP contribution >= 0.6 is 0 Å². The summed E-state index contributed by atoms with van der Waals surface area (Å²) in [5.74, 6) is -0.444. The van der Waals surface area contributed by atoms with E-state index in [4.69, 9.17) is 0 Å². The average molecular weight is 394 g/mol. The lowest BCUT2D eigenvalue weighted by Crippen LogP contribution is -2.38. The molecule has 0 spiro atoms. The molecule has 1 heterocycles. The number of halogens is 3. The van der Waals surface area contributed by atoms with Gasteiger partial charge in [0.2, 0.25) is 0 Å². The van der Waals surface area contributed by atoms with E-state index in [1.807, 2.05) is 0 Å². The van der Waals surface area contributed by atoms with Gasteiger partial charge in [-0.3, -0.25) is 14.2 Å². The summed E-state index contributed by atoms with van der Waals surface area (Å²) in [6.45, 7) is 0.294. The number of hydrogen-bond donors (Lipinski definition) is 2. The molecule has 0 bridgehead atoms. The van der Waals surface area contributed by atoms with Crippen molar-refractivity contribution >= 4 is 5.91 Å². The highest BCUT2D eigenvalue weighted by molar-refractivity contribution is 5.93. The molecule has 5 nitrogen and oxygen atoms in total. The number of hydrogen-bond acceptors (Lipinski definition) is 3. The Labute approximate surface area is 159 Å². The van der Waals surface area contributed by atoms with Crippen LogP contribution in [-0.2, 0) is 6.18 Å². The van der Waals surface area contributed by atoms with Gasteiger partial charge < -0.3 is 10.4 Å². The van der Waals surface area contributed by atoms with E-state index in [2.05, 4.69) is 5.32 Å². The molecule has 0 radical (unpaired) electrons. The van der Waals surface area contributed by atoms with E-state index >= 15 is 0 Å². The lowest BCUT2D eigenvalue weighted by molar-refractivity contribution is -0.137. The van der Waals surface area contributed by atoms with Gasteiger partial charge in [0.1, 0.15) is 0 Å². The summed E-state index contributed by atoms with van der Waals surface area (Å²) in [4.78, 5) is 24.6. The van der Waals surface area contributed by atoms with Crippen LogP contribution in [0.3, 0.4) is 0 Å². The Kier molecular flexibility index (Phi) is 5.60. The molecule has 0 atom stereocenters. The lowest BCUT2D eigenvalue weighted by Gasteiger charge is -2.26. The van der Waals surface area contributed by atoms with Gasteiger partial charge in [-0.05, 0) is 37.1 Å². The minimum atomic E-state index is -4.53. The normalized spacial score (nSPS) is 16.1. The Morgan fingerprint density at radius 3 is 2.54 bits per heavy atom. The van der Waals surface area contributed by atoms with Crippen molar-refractivity contribution in [3.63, 3.8) is 0 Å². The fraction of sp³-hybridized carbons (Fsp3) is 0.400. The molecule has 1 aromatic heterocycles. The number of nitrogens with zero attached hydrogens (tertiary/aromatic N) is 1. The van der Waals surface area contributed by atoms with Crippen LogP contribution in [0, 0.1) is 5.41 Å². The molecule has 2 N–H and O–H groups in total. The summed E-state index contributed by atoms with van der Waals surface area (Å²) in [6.07, 6.45) is 0.344. The van der Waals surface area contributed by atoms with Crippen LogP contribution in [0.1, 0.15) is 41.6 Å². The SMILES string of the molecule is O=C(NCC1(CO)CCCC1)c1ccc(=O)n(-c2cccc(C(F)(F)F)c2)c1. The third-order valence-electron chi connectivity index (χ3n) is 5.25. The molecule has 1 amide bonds. The number of benzene rings is 1. The molecule has 0 aliphatic heterocycles. The average Bonchev–Trinajstić information content (AvgIpc) is 3.15. The van der Waals surface area contributed by atoms with Crippen LogP contribution in [0.4, 0.5) is 13.2 Å². The van der Waals surface area contributed by atoms with Crippen molar-refractivity contribution in [2.45, 2.75) is 31.9 Å². The molecule has 1 aliphatic carbocycles. The van der Waals surface area contributed by atoms with Gasteiger partial charge in [-0.15, -0.1) is 0 Å². The zero-order valence-corrected chi connectivity index (χ0v) is 15.1. The summed E-state index contributed by atoms with van der Waals surface area (Å²) in [7, 11) is 0. The molecule has 1 aromatic carbocycles. The van der Waals surface area contributed by atoms with Crippen LogP contribution < -0.4 is 10.9 Å². The van der Waals surface area contributed by atoms with Crippen LogP contribution in [0.5, 0.6) is 0 Å². The maximum atomic E-state index is 12.9. The number of aliphatic hydroxyl groups is 1. The van der Waals surface area contributed by atoms with Crippen molar-refractivity contribution in [3.05, 3.63) is 64.1 Å². The fourth-order valence-electron chi connectivity index (χ4n) is 3.54. The van der Waals surface area contributed by atoms with Crippen LogP contribution in [-0.4, -0.2) is 28.7 Å². The summed E-state index contributed by atoms with van der Waals surface area (Å²) in [5, 5.41) is 12.4. The van der Waals surface area contributed by atoms with Gasteiger partial charge >= 0.3 is 6.18 Å². The number of alkyl halides is 3. The van der Waals surface area contributed by atoms with Crippen molar-refractivity contribution < 1.29 is 23.1 Å². The number of rotatable bonds is 5. The largest absolute Gasteiger partial charge is 0.416 e. The molecule has 1 saturated carbocycles. The number of nitrogens with one attached hydrogen (secondary N) is 1. The predicted molar refractivity (Wildman–Crippen MR) is 97.4 cm³/mol. The Morgan fingerprint density at radius 1 is 1.18 bits per heavy atom. The van der Waals surface area contributed by atoms with Gasteiger partial charge in [0.05, 0.1) is 17.7 Å². The monoisotopic (exact) mass is 394 g/mol. The van der Waals surface area contributed by atoms with Gasteiger partial charge in [-0.25, -0.2) is 0 Å². The van der Waals surface area contributed by atoms with Crippen molar-refractivity contribution in [2.75, 3.05) is 13.2 Å². The number of aromatic nitrogens is 1. The van der Waals surface area contributed by atoms with Crippen LogP contribution in [0.15, 0.2) is 47.4 Å². The van der Waals surface area contributed by atoms with Crippen LogP contribution in [0.25, 0.3) is 5.69 Å². The third kappa shape index (κ3) is 4.27.